The normalized spacial score (nSPS) is 23.9. The number of carbonyl (C=O) groups is 2. The lowest BCUT2D eigenvalue weighted by atomic mass is 10.1. The molecule has 1 aromatic rings. The molecule has 0 aliphatic heterocycles. The second kappa shape index (κ2) is 6.08. The molecule has 22 heavy (non-hydrogen) atoms. The highest BCUT2D eigenvalue weighted by Gasteiger charge is 2.65. The number of nitrogens with one attached hydrogen (secondary N) is 1. The van der Waals surface area contributed by atoms with Crippen molar-refractivity contribution in [2.24, 2.45) is 17.3 Å². The quantitative estimate of drug-likeness (QED) is 0.840. The number of aliphatic carboxylic acids is 1. The van der Waals surface area contributed by atoms with E-state index in [0.29, 0.717) is 6.54 Å². The maximum Gasteiger partial charge on any atom is 0.307 e. The molecule has 3 atom stereocenters. The van der Waals surface area contributed by atoms with Gasteiger partial charge in [0.2, 0.25) is 5.91 Å². The summed E-state index contributed by atoms with van der Waals surface area (Å²) >= 11 is 0. The van der Waals surface area contributed by atoms with Crippen LogP contribution in [0, 0.1) is 17.3 Å². The summed E-state index contributed by atoms with van der Waals surface area (Å²) < 4.78 is 0. The van der Waals surface area contributed by atoms with Crippen LogP contribution in [0.3, 0.4) is 0 Å². The largest absolute Gasteiger partial charge is 0.481 e. The van der Waals surface area contributed by atoms with Crippen molar-refractivity contribution in [3.05, 3.63) is 35.9 Å². The van der Waals surface area contributed by atoms with Crippen LogP contribution in [0.2, 0.25) is 0 Å². The van der Waals surface area contributed by atoms with E-state index in [9.17, 15) is 9.59 Å². The van der Waals surface area contributed by atoms with E-state index in [0.717, 1.165) is 5.56 Å². The maximum absolute atomic E-state index is 12.3. The summed E-state index contributed by atoms with van der Waals surface area (Å²) in [5.41, 5.74) is 0.661. The van der Waals surface area contributed by atoms with Crippen molar-refractivity contribution in [3.63, 3.8) is 0 Å². The Morgan fingerprint density at radius 1 is 1.23 bits per heavy atom. The van der Waals surface area contributed by atoms with Gasteiger partial charge in [-0.3, -0.25) is 9.59 Å². The Morgan fingerprint density at radius 2 is 1.82 bits per heavy atom. The van der Waals surface area contributed by atoms with Crippen molar-refractivity contribution in [1.29, 1.82) is 0 Å². The van der Waals surface area contributed by atoms with Gasteiger partial charge in [0.15, 0.2) is 0 Å². The molecule has 120 valence electrons. The fourth-order valence-electron chi connectivity index (χ4n) is 3.17. The fraction of sp³-hybridized carbons (Fsp3) is 0.529. The summed E-state index contributed by atoms with van der Waals surface area (Å²) in [5, 5.41) is 12.1. The smallest absolute Gasteiger partial charge is 0.307 e. The lowest BCUT2D eigenvalue weighted by Crippen LogP contribution is -2.36. The monoisotopic (exact) mass is 304 g/mol. The second-order valence-electron chi connectivity index (χ2n) is 6.75. The first kappa shape index (κ1) is 16.5. The lowest BCUT2D eigenvalue weighted by molar-refractivity contribution is -0.140. The predicted molar refractivity (Wildman–Crippen MR) is 84.3 cm³/mol. The van der Waals surface area contributed by atoms with Gasteiger partial charge in [-0.15, -0.1) is 0 Å². The Kier molecular flexibility index (Phi) is 4.56. The number of benzene rings is 1. The molecule has 0 saturated heterocycles. The lowest BCUT2D eigenvalue weighted by Gasteiger charge is -2.25. The molecular weight excluding hydrogens is 280 g/mol. The third kappa shape index (κ3) is 3.14. The highest BCUT2D eigenvalue weighted by Crippen LogP contribution is 2.58. The van der Waals surface area contributed by atoms with Crippen molar-refractivity contribution in [2.45, 2.75) is 19.9 Å². The fourth-order valence-corrected chi connectivity index (χ4v) is 3.17. The van der Waals surface area contributed by atoms with E-state index in [2.05, 4.69) is 5.32 Å². The minimum Gasteiger partial charge on any atom is -0.481 e. The minimum absolute atomic E-state index is 0.0651. The van der Waals surface area contributed by atoms with Crippen molar-refractivity contribution in [3.8, 4) is 0 Å². The van der Waals surface area contributed by atoms with Gasteiger partial charge in [-0.05, 0) is 25.1 Å². The average molecular weight is 304 g/mol. The van der Waals surface area contributed by atoms with Crippen molar-refractivity contribution in [2.75, 3.05) is 20.6 Å². The van der Waals surface area contributed by atoms with Crippen LogP contribution >= 0.6 is 0 Å². The molecule has 5 heteroatoms. The standard InChI is InChI=1S/C17H24N2O3/c1-17(2)13(14(17)16(21)22)15(20)18-10-12(19(3)4)11-8-6-5-7-9-11/h5-9,12-14H,10H2,1-4H3,(H,18,20)(H,21,22)/t12-,13+,14-/m1/s1. The van der Waals surface area contributed by atoms with Gasteiger partial charge in [-0.2, -0.15) is 0 Å². The molecule has 5 nitrogen and oxygen atoms in total. The third-order valence-electron chi connectivity index (χ3n) is 4.65. The zero-order valence-corrected chi connectivity index (χ0v) is 13.5. The molecule has 0 unspecified atom stereocenters. The van der Waals surface area contributed by atoms with E-state index < -0.39 is 23.2 Å². The summed E-state index contributed by atoms with van der Waals surface area (Å²) in [7, 11) is 3.93. The maximum atomic E-state index is 12.3. The molecule has 0 bridgehead atoms. The molecule has 1 aliphatic rings. The molecule has 0 heterocycles. The zero-order valence-electron chi connectivity index (χ0n) is 13.5. The molecule has 2 rings (SSSR count). The van der Waals surface area contributed by atoms with E-state index >= 15 is 0 Å². The number of hydrogen-bond donors (Lipinski definition) is 2. The van der Waals surface area contributed by atoms with Crippen LogP contribution in [0.1, 0.15) is 25.5 Å². The van der Waals surface area contributed by atoms with Gasteiger partial charge in [0.1, 0.15) is 0 Å². The Balaban J connectivity index is 1.99. The molecule has 0 aromatic heterocycles. The summed E-state index contributed by atoms with van der Waals surface area (Å²) in [6, 6.07) is 10.0. The van der Waals surface area contributed by atoms with Crippen LogP contribution < -0.4 is 5.32 Å². The Morgan fingerprint density at radius 3 is 2.27 bits per heavy atom. The van der Waals surface area contributed by atoms with Crippen molar-refractivity contribution in [1.82, 2.24) is 10.2 Å². The van der Waals surface area contributed by atoms with Crippen LogP contribution in [0.25, 0.3) is 0 Å². The van der Waals surface area contributed by atoms with Gasteiger partial charge in [0, 0.05) is 6.54 Å². The molecule has 0 radical (unpaired) electrons. The highest BCUT2D eigenvalue weighted by molar-refractivity contribution is 5.91. The molecule has 1 aromatic carbocycles. The van der Waals surface area contributed by atoms with E-state index in [1.165, 1.54) is 0 Å². The SMILES string of the molecule is CN(C)[C@H](CNC(=O)[C@@H]1[C@H](C(=O)O)C1(C)C)c1ccccc1. The molecule has 1 fully saturated rings. The topological polar surface area (TPSA) is 69.6 Å². The number of carboxylic acids is 1. The number of hydrogen-bond acceptors (Lipinski definition) is 3. The molecule has 2 N–H and O–H groups in total. The second-order valence-corrected chi connectivity index (χ2v) is 6.75. The molecular formula is C17H24N2O3. The van der Waals surface area contributed by atoms with Crippen LogP contribution in [0.4, 0.5) is 0 Å². The van der Waals surface area contributed by atoms with Crippen molar-refractivity contribution < 1.29 is 14.7 Å². The number of rotatable bonds is 6. The first-order chi connectivity index (χ1) is 10.3. The summed E-state index contributed by atoms with van der Waals surface area (Å²) in [4.78, 5) is 25.5. The van der Waals surface area contributed by atoms with Crippen molar-refractivity contribution >= 4 is 11.9 Å². The Hall–Kier alpha value is -1.88. The predicted octanol–water partition coefficient (Wildman–Crippen LogP) is 1.76. The van der Waals surface area contributed by atoms with Crippen LogP contribution in [0.5, 0.6) is 0 Å². The van der Waals surface area contributed by atoms with E-state index in [1.807, 2.05) is 63.2 Å². The third-order valence-corrected chi connectivity index (χ3v) is 4.65. The Bertz CT molecular complexity index is 554. The first-order valence-corrected chi connectivity index (χ1v) is 7.48. The number of carbonyl (C=O) groups excluding carboxylic acids is 1. The number of carboxylic acid groups (broad SMARTS) is 1. The van der Waals surface area contributed by atoms with Crippen LogP contribution in [-0.4, -0.2) is 42.5 Å². The van der Waals surface area contributed by atoms with E-state index in [1.54, 1.807) is 0 Å². The van der Waals surface area contributed by atoms with E-state index in [4.69, 9.17) is 5.11 Å². The minimum atomic E-state index is -0.891. The molecule has 0 spiro atoms. The van der Waals surface area contributed by atoms with Gasteiger partial charge in [0.25, 0.3) is 0 Å². The van der Waals surface area contributed by atoms with Crippen LogP contribution in [0.15, 0.2) is 30.3 Å². The zero-order chi connectivity index (χ0) is 16.5. The highest BCUT2D eigenvalue weighted by atomic mass is 16.4. The Labute approximate surface area is 131 Å². The summed E-state index contributed by atoms with van der Waals surface area (Å²) in [6.45, 7) is 4.13. The van der Waals surface area contributed by atoms with Gasteiger partial charge < -0.3 is 15.3 Å². The van der Waals surface area contributed by atoms with Gasteiger partial charge in [0.05, 0.1) is 17.9 Å². The summed E-state index contributed by atoms with van der Waals surface area (Å²) in [5.74, 6) is -2.08. The average Bonchev–Trinajstić information content (AvgIpc) is 3.03. The number of amides is 1. The van der Waals surface area contributed by atoms with Gasteiger partial charge in [-0.1, -0.05) is 44.2 Å². The first-order valence-electron chi connectivity index (χ1n) is 7.48. The summed E-state index contributed by atoms with van der Waals surface area (Å²) in [6.07, 6.45) is 0. The molecule has 1 amide bonds. The van der Waals surface area contributed by atoms with Gasteiger partial charge >= 0.3 is 5.97 Å². The molecule has 1 aliphatic carbocycles. The number of likely N-dealkylation sites (N-methyl/N-ethyl adjacent to an activating group) is 1. The van der Waals surface area contributed by atoms with E-state index in [-0.39, 0.29) is 11.9 Å². The number of nitrogens with zero attached hydrogens (tertiary/aromatic N) is 1. The molecule has 1 saturated carbocycles. The van der Waals surface area contributed by atoms with Gasteiger partial charge in [-0.25, -0.2) is 0 Å². The van der Waals surface area contributed by atoms with Crippen LogP contribution in [-0.2, 0) is 9.59 Å².